The third kappa shape index (κ3) is 2.81. The summed E-state index contributed by atoms with van der Waals surface area (Å²) in [4.78, 5) is 14.2. The molecule has 0 bridgehead atoms. The van der Waals surface area contributed by atoms with E-state index in [0.29, 0.717) is 20.8 Å². The van der Waals surface area contributed by atoms with Crippen LogP contribution in [0.2, 0.25) is 5.02 Å². The highest BCUT2D eigenvalue weighted by molar-refractivity contribution is 9.10. The highest BCUT2D eigenvalue weighted by Crippen LogP contribution is 2.34. The number of likely N-dealkylation sites (tertiary alicyclic amines) is 1. The third-order valence-corrected chi connectivity index (χ3v) is 3.96. The van der Waals surface area contributed by atoms with Crippen LogP contribution < -0.4 is 4.74 Å². The Morgan fingerprint density at radius 3 is 2.56 bits per heavy atom. The van der Waals surface area contributed by atoms with E-state index in [2.05, 4.69) is 15.9 Å². The molecular formula is C13H15BrClNO2. The molecule has 0 N–H and O–H groups in total. The van der Waals surface area contributed by atoms with E-state index in [0.717, 1.165) is 25.9 Å². The number of amides is 1. The van der Waals surface area contributed by atoms with Crippen LogP contribution in [0.25, 0.3) is 0 Å². The minimum absolute atomic E-state index is 0.0416. The number of carbonyl (C=O) groups excluding carboxylic acids is 1. The summed E-state index contributed by atoms with van der Waals surface area (Å²) in [5.41, 5.74) is 0.606. The lowest BCUT2D eigenvalue weighted by atomic mass is 10.1. The molecule has 0 spiro atoms. The molecule has 0 aliphatic carbocycles. The van der Waals surface area contributed by atoms with Crippen LogP contribution in [0.4, 0.5) is 0 Å². The Hall–Kier alpha value is -0.740. The molecule has 5 heteroatoms. The van der Waals surface area contributed by atoms with Gasteiger partial charge in [-0.05, 0) is 47.3 Å². The number of ether oxygens (including phenoxy) is 1. The maximum atomic E-state index is 12.3. The maximum Gasteiger partial charge on any atom is 0.253 e. The second kappa shape index (κ2) is 5.93. The Kier molecular flexibility index (Phi) is 4.51. The van der Waals surface area contributed by atoms with Gasteiger partial charge in [-0.3, -0.25) is 4.79 Å². The standard InChI is InChI=1S/C13H15BrClNO2/c1-18-12-10(14)7-9(8-11(12)15)13(17)16-5-3-2-4-6-16/h7-8H,2-6H2,1H3. The van der Waals surface area contributed by atoms with Crippen LogP contribution in [-0.4, -0.2) is 31.0 Å². The van der Waals surface area contributed by atoms with Gasteiger partial charge in [-0.25, -0.2) is 0 Å². The van der Waals surface area contributed by atoms with Crippen LogP contribution >= 0.6 is 27.5 Å². The molecule has 1 heterocycles. The largest absolute Gasteiger partial charge is 0.494 e. The van der Waals surface area contributed by atoms with Crippen molar-refractivity contribution in [1.82, 2.24) is 4.90 Å². The first-order valence-electron chi connectivity index (χ1n) is 5.96. The van der Waals surface area contributed by atoms with Crippen molar-refractivity contribution >= 4 is 33.4 Å². The monoisotopic (exact) mass is 331 g/mol. The Bertz CT molecular complexity index is 435. The predicted molar refractivity (Wildman–Crippen MR) is 75.5 cm³/mol. The van der Waals surface area contributed by atoms with Crippen LogP contribution in [0.1, 0.15) is 29.6 Å². The second-order valence-corrected chi connectivity index (χ2v) is 5.59. The van der Waals surface area contributed by atoms with Crippen LogP contribution in [0.5, 0.6) is 5.75 Å². The van der Waals surface area contributed by atoms with E-state index >= 15 is 0 Å². The molecule has 0 atom stereocenters. The number of methoxy groups -OCH3 is 1. The molecule has 1 fully saturated rings. The molecule has 1 aromatic carbocycles. The lowest BCUT2D eigenvalue weighted by molar-refractivity contribution is 0.0724. The Labute approximate surface area is 120 Å². The quantitative estimate of drug-likeness (QED) is 0.826. The number of piperidine rings is 1. The van der Waals surface area contributed by atoms with E-state index < -0.39 is 0 Å². The number of hydrogen-bond acceptors (Lipinski definition) is 2. The normalized spacial score (nSPS) is 15.6. The number of benzene rings is 1. The van der Waals surface area contributed by atoms with Crippen LogP contribution in [0, 0.1) is 0 Å². The van der Waals surface area contributed by atoms with Gasteiger partial charge in [0.25, 0.3) is 5.91 Å². The topological polar surface area (TPSA) is 29.5 Å². The summed E-state index contributed by atoms with van der Waals surface area (Å²) in [5.74, 6) is 0.604. The van der Waals surface area contributed by atoms with Crippen molar-refractivity contribution in [1.29, 1.82) is 0 Å². The zero-order valence-electron chi connectivity index (χ0n) is 10.2. The second-order valence-electron chi connectivity index (χ2n) is 4.33. The van der Waals surface area contributed by atoms with E-state index in [1.807, 2.05) is 4.90 Å². The zero-order valence-corrected chi connectivity index (χ0v) is 12.6. The van der Waals surface area contributed by atoms with Crippen molar-refractivity contribution in [3.63, 3.8) is 0 Å². The van der Waals surface area contributed by atoms with Crippen molar-refractivity contribution < 1.29 is 9.53 Å². The zero-order chi connectivity index (χ0) is 13.1. The molecule has 18 heavy (non-hydrogen) atoms. The van der Waals surface area contributed by atoms with Gasteiger partial charge in [0, 0.05) is 18.7 Å². The predicted octanol–water partition coefficient (Wildman–Crippen LogP) is 3.74. The van der Waals surface area contributed by atoms with Gasteiger partial charge in [-0.15, -0.1) is 0 Å². The first kappa shape index (κ1) is 13.7. The molecule has 1 saturated heterocycles. The van der Waals surface area contributed by atoms with Gasteiger partial charge in [0.15, 0.2) is 5.75 Å². The molecule has 1 aliphatic heterocycles. The Morgan fingerprint density at radius 1 is 1.33 bits per heavy atom. The molecule has 2 rings (SSSR count). The minimum Gasteiger partial charge on any atom is -0.494 e. The molecular weight excluding hydrogens is 318 g/mol. The van der Waals surface area contributed by atoms with Gasteiger partial charge in [0.05, 0.1) is 16.6 Å². The Morgan fingerprint density at radius 2 is 2.00 bits per heavy atom. The molecule has 1 aliphatic rings. The minimum atomic E-state index is 0.0416. The van der Waals surface area contributed by atoms with Gasteiger partial charge in [-0.2, -0.15) is 0 Å². The van der Waals surface area contributed by atoms with Gasteiger partial charge in [0.2, 0.25) is 0 Å². The van der Waals surface area contributed by atoms with Crippen LogP contribution in [0.3, 0.4) is 0 Å². The molecule has 1 amide bonds. The van der Waals surface area contributed by atoms with Crippen molar-refractivity contribution in [2.24, 2.45) is 0 Å². The van der Waals surface area contributed by atoms with Crippen molar-refractivity contribution in [2.75, 3.05) is 20.2 Å². The summed E-state index contributed by atoms with van der Waals surface area (Å²) in [6.45, 7) is 1.67. The smallest absolute Gasteiger partial charge is 0.253 e. The maximum absolute atomic E-state index is 12.3. The summed E-state index contributed by atoms with van der Waals surface area (Å²) >= 11 is 9.46. The molecule has 0 radical (unpaired) electrons. The number of carbonyl (C=O) groups is 1. The number of halogens is 2. The van der Waals surface area contributed by atoms with E-state index in [1.165, 1.54) is 6.42 Å². The first-order valence-corrected chi connectivity index (χ1v) is 7.13. The molecule has 1 aromatic rings. The number of rotatable bonds is 2. The fraction of sp³-hybridized carbons (Fsp3) is 0.462. The highest BCUT2D eigenvalue weighted by atomic mass is 79.9. The average molecular weight is 333 g/mol. The lowest BCUT2D eigenvalue weighted by Crippen LogP contribution is -2.35. The average Bonchev–Trinajstić information content (AvgIpc) is 2.38. The summed E-state index contributed by atoms with van der Waals surface area (Å²) in [5, 5.41) is 0.451. The fourth-order valence-electron chi connectivity index (χ4n) is 2.16. The van der Waals surface area contributed by atoms with Crippen LogP contribution in [0.15, 0.2) is 16.6 Å². The molecule has 0 unspecified atom stereocenters. The highest BCUT2D eigenvalue weighted by Gasteiger charge is 2.20. The van der Waals surface area contributed by atoms with E-state index in [4.69, 9.17) is 16.3 Å². The fourth-order valence-corrected chi connectivity index (χ4v) is 3.19. The van der Waals surface area contributed by atoms with Crippen LogP contribution in [-0.2, 0) is 0 Å². The van der Waals surface area contributed by atoms with Gasteiger partial charge in [0.1, 0.15) is 0 Å². The molecule has 98 valence electrons. The third-order valence-electron chi connectivity index (χ3n) is 3.09. The molecule has 0 aromatic heterocycles. The number of nitrogens with zero attached hydrogens (tertiary/aromatic N) is 1. The van der Waals surface area contributed by atoms with E-state index in [-0.39, 0.29) is 5.91 Å². The van der Waals surface area contributed by atoms with Crippen molar-refractivity contribution in [3.8, 4) is 5.75 Å². The van der Waals surface area contributed by atoms with Gasteiger partial charge in [-0.1, -0.05) is 11.6 Å². The molecule has 0 saturated carbocycles. The lowest BCUT2D eigenvalue weighted by Gasteiger charge is -2.27. The summed E-state index contributed by atoms with van der Waals surface area (Å²) in [7, 11) is 1.55. The summed E-state index contributed by atoms with van der Waals surface area (Å²) < 4.78 is 5.86. The van der Waals surface area contributed by atoms with E-state index in [9.17, 15) is 4.79 Å². The van der Waals surface area contributed by atoms with Gasteiger partial charge < -0.3 is 9.64 Å². The SMILES string of the molecule is COc1c(Cl)cc(C(=O)N2CCCCC2)cc1Br. The summed E-state index contributed by atoms with van der Waals surface area (Å²) in [6, 6.07) is 3.43. The summed E-state index contributed by atoms with van der Waals surface area (Å²) in [6.07, 6.45) is 3.37. The van der Waals surface area contributed by atoms with Crippen molar-refractivity contribution in [3.05, 3.63) is 27.2 Å². The molecule has 3 nitrogen and oxygen atoms in total. The van der Waals surface area contributed by atoms with E-state index in [1.54, 1.807) is 19.2 Å². The first-order chi connectivity index (χ1) is 8.63. The van der Waals surface area contributed by atoms with Crippen molar-refractivity contribution in [2.45, 2.75) is 19.3 Å². The van der Waals surface area contributed by atoms with Gasteiger partial charge >= 0.3 is 0 Å². The number of hydrogen-bond donors (Lipinski definition) is 0. The Balaban J connectivity index is 2.25.